The van der Waals surface area contributed by atoms with Gasteiger partial charge in [-0.3, -0.25) is 4.79 Å². The molecular weight excluding hydrogens is 452 g/mol. The number of hydrogen-bond donors (Lipinski definition) is 1. The molecule has 174 valence electrons. The number of nitrogen functional groups attached to an aromatic ring is 1. The molecule has 8 nitrogen and oxygen atoms in total. The van der Waals surface area contributed by atoms with Gasteiger partial charge in [0.25, 0.3) is 5.91 Å². The number of amides is 1. The molecule has 0 saturated heterocycles. The number of carbonyl (C=O) groups is 1. The van der Waals surface area contributed by atoms with Crippen molar-refractivity contribution < 1.29 is 9.32 Å². The number of aromatic nitrogens is 4. The number of fused-ring (bicyclic) bond motifs is 5. The van der Waals surface area contributed by atoms with Crippen LogP contribution in [0, 0.1) is 0 Å². The summed E-state index contributed by atoms with van der Waals surface area (Å²) in [5.41, 5.74) is 11.1. The van der Waals surface area contributed by atoms with Gasteiger partial charge in [-0.05, 0) is 50.8 Å². The van der Waals surface area contributed by atoms with Gasteiger partial charge in [0.05, 0.1) is 11.9 Å². The van der Waals surface area contributed by atoms with E-state index in [4.69, 9.17) is 21.9 Å². The van der Waals surface area contributed by atoms with Gasteiger partial charge in [-0.25, -0.2) is 9.97 Å². The lowest BCUT2D eigenvalue weighted by Crippen LogP contribution is -2.33. The van der Waals surface area contributed by atoms with Crippen molar-refractivity contribution in [3.63, 3.8) is 0 Å². The lowest BCUT2D eigenvalue weighted by molar-refractivity contribution is 0.0742. The van der Waals surface area contributed by atoms with Crippen molar-refractivity contribution in [1.82, 2.24) is 24.6 Å². The molecule has 0 unspecified atom stereocenters. The van der Waals surface area contributed by atoms with Gasteiger partial charge in [-0.1, -0.05) is 28.9 Å². The van der Waals surface area contributed by atoms with Gasteiger partial charge in [0, 0.05) is 34.8 Å². The Morgan fingerprint density at radius 3 is 2.65 bits per heavy atom. The minimum Gasteiger partial charge on any atom is -0.383 e. The van der Waals surface area contributed by atoms with E-state index in [9.17, 15) is 4.79 Å². The molecule has 0 bridgehead atoms. The summed E-state index contributed by atoms with van der Waals surface area (Å²) in [6.45, 7) is 5.18. The SMILES string of the molecule is CC(C)n1c2c(c3c(N)ncnc31)-c1noc(C3CC3)c1C(=O)N(CCc1ccc(Cl)cc1)C2. The van der Waals surface area contributed by atoms with Crippen LogP contribution in [0.25, 0.3) is 22.3 Å². The third-order valence-electron chi connectivity index (χ3n) is 6.76. The van der Waals surface area contributed by atoms with E-state index < -0.39 is 0 Å². The molecule has 6 rings (SSSR count). The highest BCUT2D eigenvalue weighted by Gasteiger charge is 2.41. The molecule has 3 aromatic heterocycles. The zero-order valence-corrected chi connectivity index (χ0v) is 19.8. The third kappa shape index (κ3) is 3.27. The van der Waals surface area contributed by atoms with Gasteiger partial charge in [-0.15, -0.1) is 0 Å². The Bertz CT molecular complexity index is 1420. The van der Waals surface area contributed by atoms with Crippen LogP contribution in [-0.4, -0.2) is 37.0 Å². The highest BCUT2D eigenvalue weighted by Crippen LogP contribution is 2.48. The number of benzene rings is 1. The van der Waals surface area contributed by atoms with Crippen LogP contribution < -0.4 is 5.73 Å². The van der Waals surface area contributed by atoms with Crippen molar-refractivity contribution in [3.8, 4) is 11.3 Å². The summed E-state index contributed by atoms with van der Waals surface area (Å²) < 4.78 is 7.95. The van der Waals surface area contributed by atoms with Crippen LogP contribution in [-0.2, 0) is 13.0 Å². The molecule has 0 spiro atoms. The van der Waals surface area contributed by atoms with Gasteiger partial charge in [-0.2, -0.15) is 0 Å². The lowest BCUT2D eigenvalue weighted by Gasteiger charge is -2.23. The highest BCUT2D eigenvalue weighted by atomic mass is 35.5. The Morgan fingerprint density at radius 2 is 1.94 bits per heavy atom. The van der Waals surface area contributed by atoms with Gasteiger partial charge in [0.2, 0.25) is 0 Å². The van der Waals surface area contributed by atoms with Crippen LogP contribution in [0.1, 0.15) is 66.0 Å². The average Bonchev–Trinajstić information content (AvgIpc) is 3.50. The van der Waals surface area contributed by atoms with Crippen molar-refractivity contribution in [3.05, 3.63) is 58.2 Å². The lowest BCUT2D eigenvalue weighted by atomic mass is 10.0. The maximum atomic E-state index is 13.9. The molecule has 0 atom stereocenters. The molecule has 2 aliphatic rings. The predicted molar refractivity (Wildman–Crippen MR) is 130 cm³/mol. The number of anilines is 1. The van der Waals surface area contributed by atoms with E-state index >= 15 is 0 Å². The first kappa shape index (κ1) is 21.2. The molecule has 1 aliphatic heterocycles. The molecule has 0 radical (unpaired) electrons. The van der Waals surface area contributed by atoms with E-state index in [0.29, 0.717) is 47.4 Å². The van der Waals surface area contributed by atoms with Gasteiger partial charge < -0.3 is 19.7 Å². The fourth-order valence-corrected chi connectivity index (χ4v) is 5.11. The number of hydrogen-bond acceptors (Lipinski definition) is 6. The minimum absolute atomic E-state index is 0.0535. The number of halogens is 1. The summed E-state index contributed by atoms with van der Waals surface area (Å²) in [5, 5.41) is 5.86. The molecule has 4 aromatic rings. The molecule has 1 aliphatic carbocycles. The maximum absolute atomic E-state index is 13.9. The quantitative estimate of drug-likeness (QED) is 0.435. The van der Waals surface area contributed by atoms with Crippen molar-refractivity contribution >= 4 is 34.4 Å². The molecule has 2 N–H and O–H groups in total. The number of nitrogens with zero attached hydrogens (tertiary/aromatic N) is 5. The molecule has 1 aromatic carbocycles. The van der Waals surface area contributed by atoms with Gasteiger partial charge in [0.15, 0.2) is 5.76 Å². The summed E-state index contributed by atoms with van der Waals surface area (Å²) in [6.07, 6.45) is 4.21. The smallest absolute Gasteiger partial charge is 0.260 e. The topological polar surface area (TPSA) is 103 Å². The van der Waals surface area contributed by atoms with E-state index in [2.05, 4.69) is 33.5 Å². The zero-order valence-electron chi connectivity index (χ0n) is 19.1. The fourth-order valence-electron chi connectivity index (χ4n) is 4.98. The summed E-state index contributed by atoms with van der Waals surface area (Å²) in [5.74, 6) is 1.25. The molecule has 4 heterocycles. The van der Waals surface area contributed by atoms with Crippen LogP contribution >= 0.6 is 11.6 Å². The predicted octanol–water partition coefficient (Wildman–Crippen LogP) is 4.98. The van der Waals surface area contributed by atoms with Crippen molar-refractivity contribution in [1.29, 1.82) is 0 Å². The molecule has 9 heteroatoms. The Balaban J connectivity index is 1.53. The van der Waals surface area contributed by atoms with Crippen molar-refractivity contribution in [2.24, 2.45) is 0 Å². The van der Waals surface area contributed by atoms with E-state index in [1.807, 2.05) is 29.2 Å². The Morgan fingerprint density at radius 1 is 1.18 bits per heavy atom. The minimum atomic E-state index is -0.0535. The van der Waals surface area contributed by atoms with Crippen LogP contribution in [0.15, 0.2) is 35.1 Å². The van der Waals surface area contributed by atoms with Crippen LogP contribution in [0.2, 0.25) is 5.02 Å². The Kier molecular flexibility index (Phi) is 4.88. The number of carbonyl (C=O) groups excluding carboxylic acids is 1. The first-order chi connectivity index (χ1) is 16.4. The van der Waals surface area contributed by atoms with E-state index in [1.165, 1.54) is 6.33 Å². The Hall–Kier alpha value is -3.39. The molecule has 1 fully saturated rings. The second-order valence-electron chi connectivity index (χ2n) is 9.39. The van der Waals surface area contributed by atoms with Crippen molar-refractivity contribution in [2.75, 3.05) is 12.3 Å². The number of rotatable bonds is 5. The maximum Gasteiger partial charge on any atom is 0.260 e. The Labute approximate surface area is 201 Å². The van der Waals surface area contributed by atoms with E-state index in [1.54, 1.807) is 0 Å². The van der Waals surface area contributed by atoms with E-state index in [0.717, 1.165) is 40.7 Å². The second-order valence-corrected chi connectivity index (χ2v) is 9.83. The fraction of sp³-hybridized carbons (Fsp3) is 0.360. The normalized spacial score (nSPS) is 15.6. The summed E-state index contributed by atoms with van der Waals surface area (Å²) in [4.78, 5) is 24.6. The monoisotopic (exact) mass is 476 g/mol. The van der Waals surface area contributed by atoms with Crippen LogP contribution in [0.4, 0.5) is 5.82 Å². The molecular formula is C25H25ClN6O2. The zero-order chi connectivity index (χ0) is 23.6. The third-order valence-corrected chi connectivity index (χ3v) is 7.01. The number of nitrogens with two attached hydrogens (primary N) is 1. The molecule has 1 amide bonds. The summed E-state index contributed by atoms with van der Waals surface area (Å²) in [7, 11) is 0. The summed E-state index contributed by atoms with van der Waals surface area (Å²) >= 11 is 6.05. The first-order valence-corrected chi connectivity index (χ1v) is 12.0. The van der Waals surface area contributed by atoms with E-state index in [-0.39, 0.29) is 17.9 Å². The standard InChI is InChI=1S/C25H25ClN6O2/c1-13(2)32-17-11-31(10-9-14-3-7-16(26)8-4-14)25(33)20-21(30-34-22(20)15-5-6-15)18(17)19-23(27)28-12-29-24(19)32/h3-4,7-8,12-13,15H,5-6,9-11H2,1-2H3,(H2,27,28,29). The van der Waals surface area contributed by atoms with Crippen LogP contribution in [0.5, 0.6) is 0 Å². The first-order valence-electron chi connectivity index (χ1n) is 11.6. The van der Waals surface area contributed by atoms with Crippen LogP contribution in [0.3, 0.4) is 0 Å². The molecule has 34 heavy (non-hydrogen) atoms. The highest BCUT2D eigenvalue weighted by molar-refractivity contribution is 6.30. The second kappa shape index (κ2) is 7.84. The summed E-state index contributed by atoms with van der Waals surface area (Å²) in [6, 6.07) is 7.85. The largest absolute Gasteiger partial charge is 0.383 e. The molecule has 1 saturated carbocycles. The van der Waals surface area contributed by atoms with Gasteiger partial charge in [0.1, 0.15) is 29.0 Å². The van der Waals surface area contributed by atoms with Crippen molar-refractivity contribution in [2.45, 2.75) is 51.6 Å². The average molecular weight is 477 g/mol. The van der Waals surface area contributed by atoms with Gasteiger partial charge >= 0.3 is 0 Å².